The van der Waals surface area contributed by atoms with Crippen LogP contribution in [0.4, 0.5) is 4.79 Å². The molecule has 16 heavy (non-hydrogen) atoms. The van der Waals surface area contributed by atoms with Gasteiger partial charge in [0.1, 0.15) is 5.60 Å². The lowest BCUT2D eigenvalue weighted by Crippen LogP contribution is -2.51. The highest BCUT2D eigenvalue weighted by Gasteiger charge is 2.27. The van der Waals surface area contributed by atoms with Crippen molar-refractivity contribution in [2.24, 2.45) is 5.92 Å². The maximum absolute atomic E-state index is 11.6. The van der Waals surface area contributed by atoms with Crippen LogP contribution in [0.25, 0.3) is 0 Å². The molecule has 94 valence electrons. The number of carbonyl (C=O) groups is 1. The molecule has 1 saturated heterocycles. The third kappa shape index (κ3) is 4.37. The molecule has 0 aromatic carbocycles. The predicted molar refractivity (Wildman–Crippen MR) is 61.2 cm³/mol. The van der Waals surface area contributed by atoms with E-state index in [1.54, 1.807) is 0 Å². The van der Waals surface area contributed by atoms with E-state index in [1.165, 1.54) is 0 Å². The van der Waals surface area contributed by atoms with Crippen molar-refractivity contribution in [2.45, 2.75) is 38.8 Å². The van der Waals surface area contributed by atoms with Gasteiger partial charge in [0, 0.05) is 25.1 Å². The molecule has 0 aromatic rings. The van der Waals surface area contributed by atoms with Gasteiger partial charge in [-0.05, 0) is 33.7 Å². The second-order valence-electron chi connectivity index (χ2n) is 5.19. The van der Waals surface area contributed by atoms with Gasteiger partial charge in [-0.1, -0.05) is 0 Å². The van der Waals surface area contributed by atoms with Crippen LogP contribution in [0.1, 0.15) is 27.2 Å². The van der Waals surface area contributed by atoms with Crippen molar-refractivity contribution >= 4 is 6.09 Å². The Morgan fingerprint density at radius 3 is 2.81 bits per heavy atom. The molecule has 5 heteroatoms. The van der Waals surface area contributed by atoms with Crippen LogP contribution in [0, 0.1) is 5.92 Å². The Bertz CT molecular complexity index is 238. The third-order valence-corrected chi connectivity index (χ3v) is 2.54. The average molecular weight is 230 g/mol. The first-order valence-electron chi connectivity index (χ1n) is 5.73. The van der Waals surface area contributed by atoms with Crippen molar-refractivity contribution in [3.05, 3.63) is 0 Å². The largest absolute Gasteiger partial charge is 0.444 e. The predicted octanol–water partition coefficient (Wildman–Crippen LogP) is 0.481. The van der Waals surface area contributed by atoms with Gasteiger partial charge in [-0.25, -0.2) is 4.79 Å². The minimum atomic E-state index is -0.480. The standard InChI is InChI=1S/C11H22N2O3/c1-11(2,3)16-10(15)13-9-4-5-12-6-8(9)7-14/h8-9,12,14H,4-7H2,1-3H3,(H,13,15)/t8-,9-/m0/s1. The van der Waals surface area contributed by atoms with Crippen molar-refractivity contribution < 1.29 is 14.6 Å². The molecule has 1 aliphatic rings. The minimum Gasteiger partial charge on any atom is -0.444 e. The Morgan fingerprint density at radius 1 is 1.56 bits per heavy atom. The van der Waals surface area contributed by atoms with Gasteiger partial charge < -0.3 is 20.5 Å². The molecule has 0 aliphatic carbocycles. The van der Waals surface area contributed by atoms with Gasteiger partial charge in [0.05, 0.1) is 0 Å². The highest BCUT2D eigenvalue weighted by molar-refractivity contribution is 5.68. The first-order valence-corrected chi connectivity index (χ1v) is 5.73. The number of piperidine rings is 1. The van der Waals surface area contributed by atoms with E-state index in [0.29, 0.717) is 0 Å². The Labute approximate surface area is 96.6 Å². The van der Waals surface area contributed by atoms with Gasteiger partial charge in [0.15, 0.2) is 0 Å². The highest BCUT2D eigenvalue weighted by atomic mass is 16.6. The van der Waals surface area contributed by atoms with E-state index >= 15 is 0 Å². The molecule has 5 nitrogen and oxygen atoms in total. The topological polar surface area (TPSA) is 70.6 Å². The molecular formula is C11H22N2O3. The Balaban J connectivity index is 2.42. The maximum Gasteiger partial charge on any atom is 0.407 e. The third-order valence-electron chi connectivity index (χ3n) is 2.54. The number of hydrogen-bond donors (Lipinski definition) is 3. The summed E-state index contributed by atoms with van der Waals surface area (Å²) in [6.45, 7) is 7.16. The van der Waals surface area contributed by atoms with Crippen molar-refractivity contribution in [3.63, 3.8) is 0 Å². The van der Waals surface area contributed by atoms with E-state index in [4.69, 9.17) is 4.74 Å². The number of aliphatic hydroxyl groups excluding tert-OH is 1. The highest BCUT2D eigenvalue weighted by Crippen LogP contribution is 2.12. The Morgan fingerprint density at radius 2 is 2.25 bits per heavy atom. The van der Waals surface area contributed by atoms with Gasteiger partial charge in [0.2, 0.25) is 0 Å². The number of nitrogens with one attached hydrogen (secondary N) is 2. The summed E-state index contributed by atoms with van der Waals surface area (Å²) in [5.41, 5.74) is -0.480. The van der Waals surface area contributed by atoms with E-state index < -0.39 is 11.7 Å². The lowest BCUT2D eigenvalue weighted by molar-refractivity contribution is 0.0454. The average Bonchev–Trinajstić information content (AvgIpc) is 2.15. The van der Waals surface area contributed by atoms with Crippen molar-refractivity contribution in [1.29, 1.82) is 0 Å². The molecular weight excluding hydrogens is 208 g/mol. The van der Waals surface area contributed by atoms with Gasteiger partial charge >= 0.3 is 6.09 Å². The molecule has 1 rings (SSSR count). The number of rotatable bonds is 2. The molecule has 0 spiro atoms. The number of hydrogen-bond acceptors (Lipinski definition) is 4. The fourth-order valence-electron chi connectivity index (χ4n) is 1.76. The van der Waals surface area contributed by atoms with Crippen LogP contribution in [0.2, 0.25) is 0 Å². The maximum atomic E-state index is 11.6. The fourth-order valence-corrected chi connectivity index (χ4v) is 1.76. The number of carbonyl (C=O) groups excluding carboxylic acids is 1. The lowest BCUT2D eigenvalue weighted by Gasteiger charge is -2.32. The summed E-state index contributed by atoms with van der Waals surface area (Å²) in [6.07, 6.45) is 0.419. The van der Waals surface area contributed by atoms with Crippen LogP contribution < -0.4 is 10.6 Å². The second-order valence-corrected chi connectivity index (χ2v) is 5.19. The summed E-state index contributed by atoms with van der Waals surface area (Å²) < 4.78 is 5.18. The molecule has 2 atom stereocenters. The summed E-state index contributed by atoms with van der Waals surface area (Å²) in [6, 6.07) is 0.00102. The number of amides is 1. The molecule has 0 bridgehead atoms. The van der Waals surface area contributed by atoms with E-state index in [9.17, 15) is 9.90 Å². The molecule has 3 N–H and O–H groups in total. The SMILES string of the molecule is CC(C)(C)OC(=O)N[C@H]1CCNC[C@H]1CO. The Hall–Kier alpha value is -0.810. The smallest absolute Gasteiger partial charge is 0.407 e. The van der Waals surface area contributed by atoms with Crippen LogP contribution in [-0.4, -0.2) is 42.5 Å². The molecule has 1 fully saturated rings. The van der Waals surface area contributed by atoms with E-state index in [1.807, 2.05) is 20.8 Å². The van der Waals surface area contributed by atoms with E-state index in [-0.39, 0.29) is 18.6 Å². The molecule has 0 unspecified atom stereocenters. The van der Waals surface area contributed by atoms with Crippen LogP contribution >= 0.6 is 0 Å². The monoisotopic (exact) mass is 230 g/mol. The lowest BCUT2D eigenvalue weighted by atomic mass is 9.94. The van der Waals surface area contributed by atoms with Gasteiger partial charge in [-0.3, -0.25) is 0 Å². The number of alkyl carbamates (subject to hydrolysis) is 1. The van der Waals surface area contributed by atoms with E-state index in [0.717, 1.165) is 19.5 Å². The first-order chi connectivity index (χ1) is 7.42. The summed E-state index contributed by atoms with van der Waals surface area (Å²) in [5, 5.41) is 15.2. The van der Waals surface area contributed by atoms with Crippen LogP contribution in [0.5, 0.6) is 0 Å². The number of aliphatic hydroxyl groups is 1. The molecule has 0 radical (unpaired) electrons. The summed E-state index contributed by atoms with van der Waals surface area (Å²) in [5.74, 6) is 0.0706. The second kappa shape index (κ2) is 5.50. The van der Waals surface area contributed by atoms with Crippen molar-refractivity contribution in [2.75, 3.05) is 19.7 Å². The molecule has 0 aromatic heterocycles. The molecule has 1 amide bonds. The zero-order chi connectivity index (χ0) is 12.2. The molecule has 0 saturated carbocycles. The van der Waals surface area contributed by atoms with Gasteiger partial charge in [-0.15, -0.1) is 0 Å². The van der Waals surface area contributed by atoms with Crippen LogP contribution in [0.3, 0.4) is 0 Å². The summed E-state index contributed by atoms with van der Waals surface area (Å²) in [7, 11) is 0. The minimum absolute atomic E-state index is 0.00102. The van der Waals surface area contributed by atoms with Crippen LogP contribution in [-0.2, 0) is 4.74 Å². The first kappa shape index (κ1) is 13.3. The molecule has 1 aliphatic heterocycles. The normalized spacial score (nSPS) is 26.2. The van der Waals surface area contributed by atoms with Crippen LogP contribution in [0.15, 0.2) is 0 Å². The van der Waals surface area contributed by atoms with Crippen molar-refractivity contribution in [3.8, 4) is 0 Å². The quantitative estimate of drug-likeness (QED) is 0.645. The fraction of sp³-hybridized carbons (Fsp3) is 0.909. The zero-order valence-electron chi connectivity index (χ0n) is 10.2. The van der Waals surface area contributed by atoms with E-state index in [2.05, 4.69) is 10.6 Å². The summed E-state index contributed by atoms with van der Waals surface area (Å²) >= 11 is 0. The zero-order valence-corrected chi connectivity index (χ0v) is 10.2. The number of ether oxygens (including phenoxy) is 1. The Kier molecular flexibility index (Phi) is 4.56. The van der Waals surface area contributed by atoms with Gasteiger partial charge in [-0.2, -0.15) is 0 Å². The summed E-state index contributed by atoms with van der Waals surface area (Å²) in [4.78, 5) is 11.6. The molecule has 1 heterocycles. The van der Waals surface area contributed by atoms with Crippen molar-refractivity contribution in [1.82, 2.24) is 10.6 Å². The van der Waals surface area contributed by atoms with Gasteiger partial charge in [0.25, 0.3) is 0 Å².